The molecule has 0 bridgehead atoms. The maximum atomic E-state index is 8.98. The molecule has 1 heteroatoms. The van der Waals surface area contributed by atoms with Crippen LogP contribution in [0.25, 0.3) is 0 Å². The van der Waals surface area contributed by atoms with Crippen molar-refractivity contribution < 1.29 is 0 Å². The average Bonchev–Trinajstić information content (AvgIpc) is 2.17. The summed E-state index contributed by atoms with van der Waals surface area (Å²) >= 11 is 0. The van der Waals surface area contributed by atoms with E-state index in [9.17, 15) is 0 Å². The van der Waals surface area contributed by atoms with Gasteiger partial charge in [0.2, 0.25) is 0 Å². The Morgan fingerprint density at radius 1 is 1.36 bits per heavy atom. The van der Waals surface area contributed by atoms with Crippen molar-refractivity contribution in [2.24, 2.45) is 11.3 Å². The van der Waals surface area contributed by atoms with E-state index in [1.165, 1.54) is 25.7 Å². The van der Waals surface area contributed by atoms with E-state index >= 15 is 0 Å². The second kappa shape index (κ2) is 3.42. The highest BCUT2D eigenvalue weighted by Crippen LogP contribution is 2.47. The van der Waals surface area contributed by atoms with Gasteiger partial charge in [0, 0.05) is 0 Å². The molecule has 0 aromatic heterocycles. The lowest BCUT2D eigenvalue weighted by Crippen LogP contribution is -2.25. The summed E-state index contributed by atoms with van der Waals surface area (Å²) in [5, 5.41) is 8.98. The van der Waals surface area contributed by atoms with Crippen LogP contribution in [-0.4, -0.2) is 0 Å². The van der Waals surface area contributed by atoms with E-state index < -0.39 is 0 Å². The van der Waals surface area contributed by atoms with Gasteiger partial charge in [-0.2, -0.15) is 5.26 Å². The van der Waals surface area contributed by atoms with Gasteiger partial charge in [0.05, 0.1) is 12.0 Å². The van der Waals surface area contributed by atoms with Crippen molar-refractivity contribution in [1.29, 1.82) is 5.26 Å². The molecule has 0 aromatic rings. The molecule has 0 saturated carbocycles. The van der Waals surface area contributed by atoms with Crippen LogP contribution in [0.15, 0.2) is 11.1 Å². The Labute approximate surface area is 86.8 Å². The second-order valence-electron chi connectivity index (χ2n) is 5.39. The molecule has 0 heterocycles. The first kappa shape index (κ1) is 9.77. The molecule has 0 aliphatic heterocycles. The van der Waals surface area contributed by atoms with Crippen molar-refractivity contribution in [2.45, 2.75) is 52.4 Å². The molecular weight excluding hydrogens is 170 g/mol. The smallest absolute Gasteiger partial charge is 0.0659 e. The molecular formula is C13H19N. The molecule has 0 N–H and O–H groups in total. The Kier molecular flexibility index (Phi) is 2.39. The number of hydrogen-bond donors (Lipinski definition) is 0. The SMILES string of the molecule is CC1(C)CCCC2=C1CC(C#N)CC2. The molecule has 0 aromatic carbocycles. The second-order valence-corrected chi connectivity index (χ2v) is 5.39. The van der Waals surface area contributed by atoms with E-state index in [2.05, 4.69) is 19.9 Å². The summed E-state index contributed by atoms with van der Waals surface area (Å²) in [6.45, 7) is 4.70. The largest absolute Gasteiger partial charge is 0.198 e. The Bertz CT molecular complexity index is 304. The predicted molar refractivity (Wildman–Crippen MR) is 57.6 cm³/mol. The van der Waals surface area contributed by atoms with Crippen molar-refractivity contribution in [1.82, 2.24) is 0 Å². The fourth-order valence-electron chi connectivity index (χ4n) is 3.03. The maximum Gasteiger partial charge on any atom is 0.0659 e. The lowest BCUT2D eigenvalue weighted by molar-refractivity contribution is 0.321. The Hall–Kier alpha value is -0.770. The van der Waals surface area contributed by atoms with E-state index in [1.807, 2.05) is 0 Å². The van der Waals surface area contributed by atoms with Gasteiger partial charge in [-0.15, -0.1) is 0 Å². The summed E-state index contributed by atoms with van der Waals surface area (Å²) in [4.78, 5) is 0. The first-order chi connectivity index (χ1) is 6.63. The highest BCUT2D eigenvalue weighted by Gasteiger charge is 2.33. The first-order valence-corrected chi connectivity index (χ1v) is 5.74. The van der Waals surface area contributed by atoms with Crippen LogP contribution in [0.5, 0.6) is 0 Å². The predicted octanol–water partition coefficient (Wildman–Crippen LogP) is 3.82. The van der Waals surface area contributed by atoms with Gasteiger partial charge in [-0.05, 0) is 43.9 Å². The third-order valence-electron chi connectivity index (χ3n) is 3.95. The zero-order chi connectivity index (χ0) is 10.2. The minimum absolute atomic E-state index is 0.297. The van der Waals surface area contributed by atoms with Crippen LogP contribution in [0.4, 0.5) is 0 Å². The van der Waals surface area contributed by atoms with Crippen molar-refractivity contribution in [3.8, 4) is 6.07 Å². The molecule has 2 aliphatic rings. The van der Waals surface area contributed by atoms with Crippen molar-refractivity contribution in [2.75, 3.05) is 0 Å². The third kappa shape index (κ3) is 1.59. The minimum atomic E-state index is 0.297. The van der Waals surface area contributed by atoms with Crippen LogP contribution in [0.3, 0.4) is 0 Å². The number of nitriles is 1. The van der Waals surface area contributed by atoms with E-state index in [0.29, 0.717) is 11.3 Å². The van der Waals surface area contributed by atoms with E-state index in [1.54, 1.807) is 11.1 Å². The van der Waals surface area contributed by atoms with Crippen LogP contribution < -0.4 is 0 Å². The van der Waals surface area contributed by atoms with Crippen molar-refractivity contribution in [3.63, 3.8) is 0 Å². The quantitative estimate of drug-likeness (QED) is 0.531. The molecule has 2 aliphatic carbocycles. The van der Waals surface area contributed by atoms with Crippen LogP contribution in [0.1, 0.15) is 52.4 Å². The third-order valence-corrected chi connectivity index (χ3v) is 3.95. The number of nitrogens with zero attached hydrogens (tertiary/aromatic N) is 1. The van der Waals surface area contributed by atoms with Gasteiger partial charge >= 0.3 is 0 Å². The summed E-state index contributed by atoms with van der Waals surface area (Å²) < 4.78 is 0. The summed E-state index contributed by atoms with van der Waals surface area (Å²) in [6.07, 6.45) is 7.31. The molecule has 0 fully saturated rings. The van der Waals surface area contributed by atoms with Crippen molar-refractivity contribution >= 4 is 0 Å². The molecule has 1 unspecified atom stereocenters. The van der Waals surface area contributed by atoms with E-state index in [4.69, 9.17) is 5.26 Å². The molecule has 0 amide bonds. The van der Waals surface area contributed by atoms with Gasteiger partial charge < -0.3 is 0 Å². The molecule has 0 radical (unpaired) electrons. The standard InChI is InChI=1S/C13H19N/c1-13(2)7-3-4-11-6-5-10(9-14)8-12(11)13/h10H,3-8H2,1-2H3. The van der Waals surface area contributed by atoms with Gasteiger partial charge in [-0.3, -0.25) is 0 Å². The van der Waals surface area contributed by atoms with Crippen LogP contribution in [-0.2, 0) is 0 Å². The average molecular weight is 189 g/mol. The number of allylic oxidation sites excluding steroid dienone is 2. The zero-order valence-electron chi connectivity index (χ0n) is 9.27. The highest BCUT2D eigenvalue weighted by molar-refractivity contribution is 5.27. The van der Waals surface area contributed by atoms with Gasteiger partial charge in [0.25, 0.3) is 0 Å². The maximum absolute atomic E-state index is 8.98. The molecule has 0 spiro atoms. The topological polar surface area (TPSA) is 23.8 Å². The molecule has 0 saturated heterocycles. The van der Waals surface area contributed by atoms with Gasteiger partial charge in [0.15, 0.2) is 0 Å². The van der Waals surface area contributed by atoms with Gasteiger partial charge in [-0.25, -0.2) is 0 Å². The zero-order valence-corrected chi connectivity index (χ0v) is 9.27. The Balaban J connectivity index is 2.28. The molecule has 76 valence electrons. The highest BCUT2D eigenvalue weighted by atomic mass is 14.4. The Morgan fingerprint density at radius 2 is 2.14 bits per heavy atom. The number of hydrogen-bond acceptors (Lipinski definition) is 1. The molecule has 1 nitrogen and oxygen atoms in total. The molecule has 1 atom stereocenters. The fourth-order valence-corrected chi connectivity index (χ4v) is 3.03. The fraction of sp³-hybridized carbons (Fsp3) is 0.769. The van der Waals surface area contributed by atoms with E-state index in [-0.39, 0.29) is 0 Å². The van der Waals surface area contributed by atoms with Crippen LogP contribution in [0, 0.1) is 22.7 Å². The van der Waals surface area contributed by atoms with Gasteiger partial charge in [0.1, 0.15) is 0 Å². The summed E-state index contributed by atoms with van der Waals surface area (Å²) in [6, 6.07) is 2.44. The summed E-state index contributed by atoms with van der Waals surface area (Å²) in [5.74, 6) is 0.297. The van der Waals surface area contributed by atoms with Gasteiger partial charge in [-0.1, -0.05) is 25.0 Å². The lowest BCUT2D eigenvalue weighted by Gasteiger charge is -2.39. The molecule has 14 heavy (non-hydrogen) atoms. The summed E-state index contributed by atoms with van der Waals surface area (Å²) in [7, 11) is 0. The molecule has 2 rings (SSSR count). The first-order valence-electron chi connectivity index (χ1n) is 5.74. The monoisotopic (exact) mass is 189 g/mol. The van der Waals surface area contributed by atoms with Crippen molar-refractivity contribution in [3.05, 3.63) is 11.1 Å². The normalized spacial score (nSPS) is 30.8. The minimum Gasteiger partial charge on any atom is -0.198 e. The lowest BCUT2D eigenvalue weighted by atomic mass is 9.66. The van der Waals surface area contributed by atoms with Crippen LogP contribution in [0.2, 0.25) is 0 Å². The Morgan fingerprint density at radius 3 is 2.86 bits per heavy atom. The van der Waals surface area contributed by atoms with Crippen LogP contribution >= 0.6 is 0 Å². The van der Waals surface area contributed by atoms with E-state index in [0.717, 1.165) is 12.8 Å². The summed E-state index contributed by atoms with van der Waals surface area (Å²) in [5.41, 5.74) is 3.69. The number of rotatable bonds is 0.